The zero-order valence-electron chi connectivity index (χ0n) is 7.63. The maximum atomic E-state index is 0. The van der Waals surface area contributed by atoms with E-state index in [0.717, 1.165) is 0 Å². The van der Waals surface area contributed by atoms with Gasteiger partial charge in [-0.3, -0.25) is 0 Å². The van der Waals surface area contributed by atoms with Crippen LogP contribution in [0.15, 0.2) is 0 Å². The van der Waals surface area contributed by atoms with E-state index in [1.54, 1.807) is 0 Å². The van der Waals surface area contributed by atoms with Crippen molar-refractivity contribution in [3.05, 3.63) is 0 Å². The van der Waals surface area contributed by atoms with Crippen LogP contribution in [0.4, 0.5) is 0 Å². The van der Waals surface area contributed by atoms with Crippen LogP contribution in [0.25, 0.3) is 0 Å². The van der Waals surface area contributed by atoms with Crippen LogP contribution in [-0.4, -0.2) is 91.0 Å². The largest absolute Gasteiger partial charge is 3.00 e. The molecule has 0 amide bonds. The summed E-state index contributed by atoms with van der Waals surface area (Å²) in [5, 5.41) is 0. The van der Waals surface area contributed by atoms with Gasteiger partial charge in [-0.15, -0.1) is 0 Å². The van der Waals surface area contributed by atoms with Crippen LogP contribution in [0, 0.1) is 71.2 Å². The summed E-state index contributed by atoms with van der Waals surface area (Å²) in [5.74, 6) is 0. The first-order valence-electron chi connectivity index (χ1n) is 0. The molecule has 0 heterocycles. The molecule has 0 aliphatic heterocycles. The van der Waals surface area contributed by atoms with Crippen LogP contribution in [0.3, 0.4) is 0 Å². The molecule has 0 N–H and O–H groups in total. The van der Waals surface area contributed by atoms with E-state index in [0.29, 0.717) is 0 Å². The number of hydrogen-bond donors (Lipinski definition) is 0. The Balaban J connectivity index is 0. The average molecular weight is 824 g/mol. The van der Waals surface area contributed by atoms with Gasteiger partial charge >= 0.3 is 229 Å². The molecule has 98 valence electrons. The van der Waals surface area contributed by atoms with Crippen LogP contribution >= 0.6 is 0 Å². The Morgan fingerprint density at radius 2 is 0.294 bits per heavy atom. The first-order chi connectivity index (χ1) is 0. The van der Waals surface area contributed by atoms with E-state index in [1.807, 2.05) is 0 Å². The quantitative estimate of drug-likeness (QED) is 0.244. The molecule has 0 aliphatic rings. The molecule has 2 radical (unpaired) electrons. The second-order valence-corrected chi connectivity index (χ2v) is 0. The number of rotatable bonds is 0. The van der Waals surface area contributed by atoms with Crippen LogP contribution in [0.2, 0.25) is 0 Å². The summed E-state index contributed by atoms with van der Waals surface area (Å²) in [6.45, 7) is 0. The van der Waals surface area contributed by atoms with Crippen molar-refractivity contribution >= 4 is 91.0 Å². The van der Waals surface area contributed by atoms with E-state index < -0.39 is 0 Å². The minimum Gasteiger partial charge on any atom is -2.00 e. The summed E-state index contributed by atoms with van der Waals surface area (Å²) >= 11 is 0. The third-order valence-corrected chi connectivity index (χ3v) is 0. The fourth-order valence-corrected chi connectivity index (χ4v) is 0. The molecule has 0 aromatic rings. The van der Waals surface area contributed by atoms with Crippen molar-refractivity contribution < 1.29 is 188 Å². The molecule has 0 unspecified atom stereocenters. The standard InChI is InChI=1S/2La.2Mn.2Ni.9O.2Sr/q2*+3;4*+2;9*-2;2*+2. The Kier molecular flexibility index (Phi) is 3440. The van der Waals surface area contributed by atoms with E-state index in [9.17, 15) is 0 Å². The Morgan fingerprint density at radius 1 is 0.294 bits per heavy atom. The zero-order chi connectivity index (χ0) is 0. The Bertz CT molecular complexity index is 33.0. The summed E-state index contributed by atoms with van der Waals surface area (Å²) in [7, 11) is 0. The van der Waals surface area contributed by atoms with Crippen molar-refractivity contribution in [1.82, 2.24) is 0 Å². The molecule has 0 bridgehead atoms. The number of hydrogen-bond acceptors (Lipinski definition) is 0. The minimum atomic E-state index is 0. The molecule has 0 fully saturated rings. The Hall–Kier alpha value is 7.02. The van der Waals surface area contributed by atoms with Gasteiger partial charge in [-0.05, 0) is 0 Å². The van der Waals surface area contributed by atoms with Crippen LogP contribution < -0.4 is 0 Å². The van der Waals surface area contributed by atoms with Gasteiger partial charge < -0.3 is 49.3 Å². The van der Waals surface area contributed by atoms with Gasteiger partial charge in [0.1, 0.15) is 0 Å². The third kappa shape index (κ3) is 206. The second kappa shape index (κ2) is 227. The van der Waals surface area contributed by atoms with Gasteiger partial charge in [0.15, 0.2) is 0 Å². The molecule has 0 atom stereocenters. The first kappa shape index (κ1) is 258. The summed E-state index contributed by atoms with van der Waals surface area (Å²) < 4.78 is 0. The van der Waals surface area contributed by atoms with Crippen LogP contribution in [0.5, 0.6) is 0 Å². The molecule has 0 aromatic heterocycles. The smallest absolute Gasteiger partial charge is 2.00 e. The Labute approximate surface area is 271 Å². The summed E-state index contributed by atoms with van der Waals surface area (Å²) in [6.07, 6.45) is 0. The molecule has 0 aliphatic carbocycles. The Morgan fingerprint density at radius 3 is 0.294 bits per heavy atom. The van der Waals surface area contributed by atoms with E-state index in [4.69, 9.17) is 0 Å². The molecule has 0 aromatic carbocycles. The van der Waals surface area contributed by atoms with E-state index in [-0.39, 0.29) is 279 Å². The zero-order valence-corrected chi connectivity index (χ0v) is 26.2. The molecular weight excluding hydrogens is 824 g/mol. The molecule has 0 saturated heterocycles. The van der Waals surface area contributed by atoms with E-state index >= 15 is 0 Å². The maximum Gasteiger partial charge on any atom is 3.00 e. The predicted octanol–water partition coefficient (Wildman–Crippen LogP) is -1.84. The third-order valence-electron chi connectivity index (χ3n) is 0. The fraction of sp³-hybridized carbons (Fsp3) is 0. The van der Waals surface area contributed by atoms with E-state index in [1.165, 1.54) is 0 Å². The molecule has 0 spiro atoms. The van der Waals surface area contributed by atoms with Crippen molar-refractivity contribution in [2.24, 2.45) is 0 Å². The summed E-state index contributed by atoms with van der Waals surface area (Å²) in [4.78, 5) is 0. The van der Waals surface area contributed by atoms with Crippen molar-refractivity contribution in [2.45, 2.75) is 0 Å². The SMILES string of the molecule is [La+3].[La+3].[Mn+2].[Mn+2].[Ni+2].[Ni+2].[O-2].[O-2].[O-2].[O-2].[O-2].[O-2].[O-2].[O-2].[O-2].[Sr+2].[Sr+2]. The van der Waals surface area contributed by atoms with Gasteiger partial charge in [-0.1, -0.05) is 0 Å². The van der Waals surface area contributed by atoms with Crippen LogP contribution in [0.1, 0.15) is 0 Å². The molecular formula is La2Mn2Ni2O9Sr2. The minimum absolute atomic E-state index is 0. The molecule has 17 heteroatoms. The first-order valence-corrected chi connectivity index (χ1v) is 0. The topological polar surface area (TPSA) is 256 Å². The van der Waals surface area contributed by atoms with Gasteiger partial charge in [0, 0.05) is 0 Å². The summed E-state index contributed by atoms with van der Waals surface area (Å²) in [6, 6.07) is 0. The van der Waals surface area contributed by atoms with Crippen molar-refractivity contribution in [3.63, 3.8) is 0 Å². The predicted molar refractivity (Wildman–Crippen MR) is 17.7 cm³/mol. The monoisotopic (exact) mass is 823 g/mol. The van der Waals surface area contributed by atoms with Gasteiger partial charge in [0.05, 0.1) is 0 Å². The van der Waals surface area contributed by atoms with Gasteiger partial charge in [0.2, 0.25) is 0 Å². The van der Waals surface area contributed by atoms with Crippen molar-refractivity contribution in [2.75, 3.05) is 0 Å². The molecule has 9 nitrogen and oxygen atoms in total. The second-order valence-electron chi connectivity index (χ2n) is 0. The van der Waals surface area contributed by atoms with Gasteiger partial charge in [-0.2, -0.15) is 0 Å². The van der Waals surface area contributed by atoms with Gasteiger partial charge in [-0.25, -0.2) is 0 Å². The van der Waals surface area contributed by atoms with Crippen molar-refractivity contribution in [3.8, 4) is 0 Å². The van der Waals surface area contributed by atoms with Gasteiger partial charge in [0.25, 0.3) is 0 Å². The maximum absolute atomic E-state index is 0. The summed E-state index contributed by atoms with van der Waals surface area (Å²) in [5.41, 5.74) is 0. The van der Waals surface area contributed by atoms with Crippen LogP contribution in [-0.2, 0) is 116 Å². The van der Waals surface area contributed by atoms with Crippen molar-refractivity contribution in [1.29, 1.82) is 0 Å². The molecule has 0 saturated carbocycles. The molecule has 17 heavy (non-hydrogen) atoms. The normalized spacial score (nSPS) is 0. The average Bonchev–Trinajstić information content (AvgIpc) is 0. The fourth-order valence-electron chi connectivity index (χ4n) is 0. The van der Waals surface area contributed by atoms with E-state index in [2.05, 4.69) is 0 Å². The molecule has 0 rings (SSSR count).